The van der Waals surface area contributed by atoms with E-state index in [9.17, 15) is 9.59 Å². The van der Waals surface area contributed by atoms with Crippen LogP contribution in [0.4, 0.5) is 0 Å². The number of carbonyl (C=O) groups excluding carboxylic acids is 2. The molecule has 0 unspecified atom stereocenters. The second-order valence-electron chi connectivity index (χ2n) is 4.71. The Hall–Kier alpha value is -1.10. The van der Waals surface area contributed by atoms with Gasteiger partial charge < -0.3 is 16.4 Å². The van der Waals surface area contributed by atoms with Crippen LogP contribution in [0.25, 0.3) is 0 Å². The summed E-state index contributed by atoms with van der Waals surface area (Å²) in [6.07, 6.45) is 2.06. The predicted molar refractivity (Wildman–Crippen MR) is 61.6 cm³/mol. The molecule has 0 spiro atoms. The minimum atomic E-state index is -0.325. The fourth-order valence-electron chi connectivity index (χ4n) is 1.55. The Morgan fingerprint density at radius 2 is 2.00 bits per heavy atom. The van der Waals surface area contributed by atoms with Crippen molar-refractivity contribution in [3.05, 3.63) is 0 Å². The SMILES string of the molecule is CC(C)NC(=O)CCNC(=O)C1(CN)CC1. The summed E-state index contributed by atoms with van der Waals surface area (Å²) in [5.74, 6) is -0.0414. The first-order valence-corrected chi connectivity index (χ1v) is 5.78. The topological polar surface area (TPSA) is 84.2 Å². The lowest BCUT2D eigenvalue weighted by Gasteiger charge is -2.13. The summed E-state index contributed by atoms with van der Waals surface area (Å²) in [6, 6.07) is 0.141. The van der Waals surface area contributed by atoms with Gasteiger partial charge in [-0.1, -0.05) is 0 Å². The third-order valence-corrected chi connectivity index (χ3v) is 2.81. The summed E-state index contributed by atoms with van der Waals surface area (Å²) in [5.41, 5.74) is 5.20. The fraction of sp³-hybridized carbons (Fsp3) is 0.818. The van der Waals surface area contributed by atoms with Crippen LogP contribution in [0.2, 0.25) is 0 Å². The van der Waals surface area contributed by atoms with Crippen molar-refractivity contribution in [2.45, 2.75) is 39.2 Å². The molecule has 0 radical (unpaired) electrons. The van der Waals surface area contributed by atoms with E-state index in [1.807, 2.05) is 13.8 Å². The van der Waals surface area contributed by atoms with Crippen molar-refractivity contribution in [1.82, 2.24) is 10.6 Å². The molecule has 0 aromatic rings. The van der Waals surface area contributed by atoms with Gasteiger partial charge in [0.05, 0.1) is 5.41 Å². The van der Waals surface area contributed by atoms with Gasteiger partial charge in [-0.2, -0.15) is 0 Å². The maximum Gasteiger partial charge on any atom is 0.227 e. The molecule has 2 amide bonds. The van der Waals surface area contributed by atoms with E-state index in [0.29, 0.717) is 19.5 Å². The smallest absolute Gasteiger partial charge is 0.227 e. The Morgan fingerprint density at radius 1 is 1.38 bits per heavy atom. The summed E-state index contributed by atoms with van der Waals surface area (Å²) in [4.78, 5) is 22.9. The van der Waals surface area contributed by atoms with E-state index in [4.69, 9.17) is 5.73 Å². The molecule has 0 atom stereocenters. The molecule has 0 aromatic heterocycles. The second-order valence-corrected chi connectivity index (χ2v) is 4.71. The van der Waals surface area contributed by atoms with Crippen LogP contribution < -0.4 is 16.4 Å². The van der Waals surface area contributed by atoms with Crippen LogP contribution in [-0.4, -0.2) is 30.9 Å². The number of amides is 2. The molecule has 0 saturated heterocycles. The van der Waals surface area contributed by atoms with Gasteiger partial charge >= 0.3 is 0 Å². The Labute approximate surface area is 96.1 Å². The molecule has 92 valence electrons. The van der Waals surface area contributed by atoms with Gasteiger partial charge in [-0.3, -0.25) is 9.59 Å². The average Bonchev–Trinajstić information content (AvgIpc) is 2.96. The van der Waals surface area contributed by atoms with Gasteiger partial charge in [-0.15, -0.1) is 0 Å². The summed E-state index contributed by atoms with van der Waals surface area (Å²) in [5, 5.41) is 5.53. The number of carbonyl (C=O) groups is 2. The first kappa shape index (κ1) is 13.0. The molecule has 16 heavy (non-hydrogen) atoms. The molecule has 4 N–H and O–H groups in total. The lowest BCUT2D eigenvalue weighted by molar-refractivity contribution is -0.126. The van der Waals surface area contributed by atoms with Crippen LogP contribution in [0, 0.1) is 5.41 Å². The number of nitrogens with one attached hydrogen (secondary N) is 2. The zero-order valence-electron chi connectivity index (χ0n) is 10.0. The normalized spacial score (nSPS) is 17.0. The molecule has 5 heteroatoms. The monoisotopic (exact) mass is 227 g/mol. The van der Waals surface area contributed by atoms with Crippen molar-refractivity contribution in [1.29, 1.82) is 0 Å². The number of hydrogen-bond acceptors (Lipinski definition) is 3. The van der Waals surface area contributed by atoms with Crippen LogP contribution in [0.1, 0.15) is 33.1 Å². The van der Waals surface area contributed by atoms with Crippen LogP contribution >= 0.6 is 0 Å². The van der Waals surface area contributed by atoms with E-state index >= 15 is 0 Å². The first-order valence-electron chi connectivity index (χ1n) is 5.78. The zero-order chi connectivity index (χ0) is 12.2. The predicted octanol–water partition coefficient (Wildman–Crippen LogP) is -0.244. The molecule has 0 bridgehead atoms. The quantitative estimate of drug-likeness (QED) is 0.585. The van der Waals surface area contributed by atoms with E-state index in [-0.39, 0.29) is 23.3 Å². The van der Waals surface area contributed by atoms with Crippen molar-refractivity contribution in [3.8, 4) is 0 Å². The first-order chi connectivity index (χ1) is 7.50. The summed E-state index contributed by atoms with van der Waals surface area (Å²) >= 11 is 0. The largest absolute Gasteiger partial charge is 0.355 e. The number of rotatable bonds is 6. The van der Waals surface area contributed by atoms with Crippen molar-refractivity contribution in [2.24, 2.45) is 11.1 Å². The summed E-state index contributed by atoms with van der Waals surface area (Å²) < 4.78 is 0. The Balaban J connectivity index is 2.16. The lowest BCUT2D eigenvalue weighted by Crippen LogP contribution is -2.39. The standard InChI is InChI=1S/C11H21N3O2/c1-8(2)14-9(15)3-6-13-10(16)11(7-12)4-5-11/h8H,3-7,12H2,1-2H3,(H,13,16)(H,14,15). The van der Waals surface area contributed by atoms with E-state index in [2.05, 4.69) is 10.6 Å². The molecular weight excluding hydrogens is 206 g/mol. The molecule has 1 aliphatic carbocycles. The number of hydrogen-bond donors (Lipinski definition) is 3. The van der Waals surface area contributed by atoms with E-state index in [1.54, 1.807) is 0 Å². The Bertz CT molecular complexity index is 272. The summed E-state index contributed by atoms with van der Waals surface area (Å²) in [6.45, 7) is 4.60. The van der Waals surface area contributed by atoms with Gasteiger partial charge in [0.1, 0.15) is 0 Å². The van der Waals surface area contributed by atoms with Gasteiger partial charge in [-0.05, 0) is 26.7 Å². The van der Waals surface area contributed by atoms with E-state index < -0.39 is 0 Å². The van der Waals surface area contributed by atoms with Crippen molar-refractivity contribution in [2.75, 3.05) is 13.1 Å². The third kappa shape index (κ3) is 3.48. The fourth-order valence-corrected chi connectivity index (χ4v) is 1.55. The van der Waals surface area contributed by atoms with Crippen molar-refractivity contribution >= 4 is 11.8 Å². The molecule has 1 fully saturated rings. The minimum Gasteiger partial charge on any atom is -0.355 e. The van der Waals surface area contributed by atoms with Crippen LogP contribution in [-0.2, 0) is 9.59 Å². The highest BCUT2D eigenvalue weighted by Gasteiger charge is 2.48. The van der Waals surface area contributed by atoms with E-state index in [0.717, 1.165) is 12.8 Å². The molecule has 0 heterocycles. The minimum absolute atomic E-state index is 0.00709. The van der Waals surface area contributed by atoms with Crippen LogP contribution in [0.15, 0.2) is 0 Å². The highest BCUT2D eigenvalue weighted by Crippen LogP contribution is 2.44. The molecular formula is C11H21N3O2. The van der Waals surface area contributed by atoms with Gasteiger partial charge in [0.15, 0.2) is 0 Å². The van der Waals surface area contributed by atoms with Gasteiger partial charge in [0, 0.05) is 25.6 Å². The zero-order valence-corrected chi connectivity index (χ0v) is 10.0. The number of nitrogens with two attached hydrogens (primary N) is 1. The van der Waals surface area contributed by atoms with Crippen LogP contribution in [0.5, 0.6) is 0 Å². The highest BCUT2D eigenvalue weighted by molar-refractivity contribution is 5.86. The maximum atomic E-state index is 11.6. The van der Waals surface area contributed by atoms with Gasteiger partial charge in [0.25, 0.3) is 0 Å². The van der Waals surface area contributed by atoms with Crippen molar-refractivity contribution < 1.29 is 9.59 Å². The second kappa shape index (κ2) is 5.30. The van der Waals surface area contributed by atoms with Crippen LogP contribution in [0.3, 0.4) is 0 Å². The Morgan fingerprint density at radius 3 is 2.44 bits per heavy atom. The average molecular weight is 227 g/mol. The van der Waals surface area contributed by atoms with Gasteiger partial charge in [-0.25, -0.2) is 0 Å². The van der Waals surface area contributed by atoms with Crippen molar-refractivity contribution in [3.63, 3.8) is 0 Å². The van der Waals surface area contributed by atoms with Gasteiger partial charge in [0.2, 0.25) is 11.8 Å². The maximum absolute atomic E-state index is 11.6. The lowest BCUT2D eigenvalue weighted by atomic mass is 10.1. The molecule has 0 aliphatic heterocycles. The van der Waals surface area contributed by atoms with E-state index in [1.165, 1.54) is 0 Å². The Kier molecular flexibility index (Phi) is 4.29. The molecule has 5 nitrogen and oxygen atoms in total. The molecule has 0 aromatic carbocycles. The molecule has 1 saturated carbocycles. The third-order valence-electron chi connectivity index (χ3n) is 2.81. The summed E-state index contributed by atoms with van der Waals surface area (Å²) in [7, 11) is 0. The molecule has 1 rings (SSSR count). The highest BCUT2D eigenvalue weighted by atomic mass is 16.2. The molecule has 1 aliphatic rings.